The predicted octanol–water partition coefficient (Wildman–Crippen LogP) is 2.97. The summed E-state index contributed by atoms with van der Waals surface area (Å²) in [6.45, 7) is 7.48. The summed E-state index contributed by atoms with van der Waals surface area (Å²) in [7, 11) is 0. The molecule has 0 aliphatic rings. The summed E-state index contributed by atoms with van der Waals surface area (Å²) in [5, 5.41) is 0. The Morgan fingerprint density at radius 3 is 2.43 bits per heavy atom. The molecule has 0 heterocycles. The van der Waals surface area contributed by atoms with Gasteiger partial charge >= 0.3 is 0 Å². The van der Waals surface area contributed by atoms with E-state index in [1.165, 1.54) is 19.3 Å². The van der Waals surface area contributed by atoms with Crippen LogP contribution in [0, 0.1) is 12.0 Å². The zero-order valence-electron chi connectivity index (χ0n) is 9.64. The quantitative estimate of drug-likeness (QED) is 0.462. The first-order valence-corrected chi connectivity index (χ1v) is 5.59. The zero-order chi connectivity index (χ0) is 10.6. The molecule has 0 aromatic rings. The summed E-state index contributed by atoms with van der Waals surface area (Å²) in [6, 6.07) is 0. The third-order valence-corrected chi connectivity index (χ3v) is 1.87. The summed E-state index contributed by atoms with van der Waals surface area (Å²) in [5.41, 5.74) is 0. The molecular formula is C12H22O2. The van der Waals surface area contributed by atoms with E-state index < -0.39 is 0 Å². The predicted molar refractivity (Wildman–Crippen MR) is 59.0 cm³/mol. The lowest BCUT2D eigenvalue weighted by Crippen LogP contribution is -2.10. The molecular weight excluding hydrogens is 176 g/mol. The molecule has 0 N–H and O–H groups in total. The highest BCUT2D eigenvalue weighted by molar-refractivity contribution is 4.99. The van der Waals surface area contributed by atoms with Gasteiger partial charge in [0.15, 0.2) is 0 Å². The second kappa shape index (κ2) is 10.4. The minimum atomic E-state index is 0.0538. The smallest absolute Gasteiger partial charge is 0.121 e. The molecule has 1 atom stereocenters. The van der Waals surface area contributed by atoms with Crippen LogP contribution in [0.1, 0.15) is 46.5 Å². The minimum Gasteiger partial charge on any atom is -0.447 e. The molecule has 0 saturated carbocycles. The molecule has 2 heteroatoms. The van der Waals surface area contributed by atoms with Gasteiger partial charge in [-0.2, -0.15) is 0 Å². The van der Waals surface area contributed by atoms with Gasteiger partial charge in [0.05, 0.1) is 6.61 Å². The number of hydrogen-bond donors (Lipinski definition) is 0. The van der Waals surface area contributed by atoms with E-state index in [0.29, 0.717) is 6.61 Å². The third kappa shape index (κ3) is 7.94. The van der Waals surface area contributed by atoms with E-state index >= 15 is 0 Å². The lowest BCUT2D eigenvalue weighted by molar-refractivity contribution is 0.0939. The van der Waals surface area contributed by atoms with E-state index in [-0.39, 0.29) is 6.10 Å². The van der Waals surface area contributed by atoms with Crippen molar-refractivity contribution in [1.29, 1.82) is 0 Å². The molecule has 0 radical (unpaired) electrons. The van der Waals surface area contributed by atoms with Crippen LogP contribution in [0.4, 0.5) is 0 Å². The fourth-order valence-corrected chi connectivity index (χ4v) is 1.16. The Hall–Kier alpha value is -0.680. The standard InChI is InChI=1S/C12H22O2/c1-4-7-8-9-12(14-6-3)10-11-13-5-2/h12H,4-9H2,1-3H3. The van der Waals surface area contributed by atoms with Gasteiger partial charge in [0.25, 0.3) is 0 Å². The average molecular weight is 198 g/mol. The fourth-order valence-electron chi connectivity index (χ4n) is 1.16. The number of ether oxygens (including phenoxy) is 2. The topological polar surface area (TPSA) is 18.5 Å². The number of unbranched alkanes of at least 4 members (excludes halogenated alkanes) is 2. The number of rotatable bonds is 7. The Bertz CT molecular complexity index is 167. The van der Waals surface area contributed by atoms with Crippen molar-refractivity contribution in [1.82, 2.24) is 0 Å². The van der Waals surface area contributed by atoms with Gasteiger partial charge in [-0.3, -0.25) is 0 Å². The SMILES string of the molecule is CCCCCC(C#COCC)OCC. The third-order valence-electron chi connectivity index (χ3n) is 1.87. The van der Waals surface area contributed by atoms with E-state index in [1.807, 2.05) is 13.8 Å². The van der Waals surface area contributed by atoms with E-state index in [2.05, 4.69) is 19.0 Å². The van der Waals surface area contributed by atoms with Crippen LogP contribution in [0.25, 0.3) is 0 Å². The second-order valence-corrected chi connectivity index (χ2v) is 3.12. The van der Waals surface area contributed by atoms with E-state index in [1.54, 1.807) is 0 Å². The molecule has 0 saturated heterocycles. The van der Waals surface area contributed by atoms with Crippen LogP contribution >= 0.6 is 0 Å². The first-order valence-electron chi connectivity index (χ1n) is 5.59. The summed E-state index contributed by atoms with van der Waals surface area (Å²) in [4.78, 5) is 0. The first kappa shape index (κ1) is 13.3. The van der Waals surface area contributed by atoms with Crippen molar-refractivity contribution < 1.29 is 9.47 Å². The lowest BCUT2D eigenvalue weighted by atomic mass is 10.1. The molecule has 0 spiro atoms. The maximum absolute atomic E-state index is 5.48. The largest absolute Gasteiger partial charge is 0.447 e. The highest BCUT2D eigenvalue weighted by Gasteiger charge is 2.03. The van der Waals surface area contributed by atoms with Crippen LogP contribution < -0.4 is 0 Å². The molecule has 14 heavy (non-hydrogen) atoms. The van der Waals surface area contributed by atoms with Crippen LogP contribution in [-0.2, 0) is 9.47 Å². The molecule has 0 aromatic carbocycles. The Balaban J connectivity index is 3.72. The Morgan fingerprint density at radius 1 is 1.07 bits per heavy atom. The van der Waals surface area contributed by atoms with Crippen molar-refractivity contribution in [3.8, 4) is 12.0 Å². The van der Waals surface area contributed by atoms with Crippen molar-refractivity contribution in [3.63, 3.8) is 0 Å². The molecule has 0 rings (SSSR count). The van der Waals surface area contributed by atoms with Crippen LogP contribution in [0.2, 0.25) is 0 Å². The van der Waals surface area contributed by atoms with Crippen molar-refractivity contribution in [3.05, 3.63) is 0 Å². The highest BCUT2D eigenvalue weighted by Crippen LogP contribution is 2.05. The molecule has 1 unspecified atom stereocenters. The van der Waals surface area contributed by atoms with Crippen LogP contribution in [0.15, 0.2) is 0 Å². The normalized spacial score (nSPS) is 11.6. The van der Waals surface area contributed by atoms with Gasteiger partial charge in [-0.15, -0.1) is 0 Å². The Labute approximate surface area is 88.0 Å². The molecule has 0 amide bonds. The molecule has 82 valence electrons. The van der Waals surface area contributed by atoms with Crippen molar-refractivity contribution in [2.45, 2.75) is 52.6 Å². The van der Waals surface area contributed by atoms with Gasteiger partial charge in [0.2, 0.25) is 0 Å². The maximum Gasteiger partial charge on any atom is 0.121 e. The Kier molecular flexibility index (Phi) is 9.90. The maximum atomic E-state index is 5.48. The van der Waals surface area contributed by atoms with Crippen molar-refractivity contribution in [2.75, 3.05) is 13.2 Å². The summed E-state index contributed by atoms with van der Waals surface area (Å²) in [6.07, 6.45) is 7.41. The van der Waals surface area contributed by atoms with E-state index in [9.17, 15) is 0 Å². The number of hydrogen-bond acceptors (Lipinski definition) is 2. The van der Waals surface area contributed by atoms with Gasteiger partial charge in [0.1, 0.15) is 12.2 Å². The average Bonchev–Trinajstić information content (AvgIpc) is 2.18. The van der Waals surface area contributed by atoms with Gasteiger partial charge in [-0.05, 0) is 32.6 Å². The molecule has 0 bridgehead atoms. The van der Waals surface area contributed by atoms with Gasteiger partial charge in [0, 0.05) is 6.61 Å². The van der Waals surface area contributed by atoms with Crippen LogP contribution in [-0.4, -0.2) is 19.3 Å². The summed E-state index contributed by atoms with van der Waals surface area (Å²) < 4.78 is 10.5. The van der Waals surface area contributed by atoms with Crippen molar-refractivity contribution >= 4 is 0 Å². The van der Waals surface area contributed by atoms with Crippen LogP contribution in [0.3, 0.4) is 0 Å². The van der Waals surface area contributed by atoms with Gasteiger partial charge in [-0.1, -0.05) is 19.8 Å². The molecule has 0 aliphatic heterocycles. The second-order valence-electron chi connectivity index (χ2n) is 3.12. The molecule has 0 aromatic heterocycles. The minimum absolute atomic E-state index is 0.0538. The monoisotopic (exact) mass is 198 g/mol. The zero-order valence-corrected chi connectivity index (χ0v) is 9.64. The van der Waals surface area contributed by atoms with Crippen LogP contribution in [0.5, 0.6) is 0 Å². The molecule has 0 aliphatic carbocycles. The molecule has 2 nitrogen and oxygen atoms in total. The summed E-state index contributed by atoms with van der Waals surface area (Å²) in [5.74, 6) is 2.99. The Morgan fingerprint density at radius 2 is 1.86 bits per heavy atom. The lowest BCUT2D eigenvalue weighted by Gasteiger charge is -2.09. The van der Waals surface area contributed by atoms with E-state index in [4.69, 9.17) is 9.47 Å². The van der Waals surface area contributed by atoms with Gasteiger partial charge < -0.3 is 9.47 Å². The first-order chi connectivity index (χ1) is 6.85. The van der Waals surface area contributed by atoms with E-state index in [0.717, 1.165) is 13.0 Å². The van der Waals surface area contributed by atoms with Crippen molar-refractivity contribution in [2.24, 2.45) is 0 Å². The van der Waals surface area contributed by atoms with Gasteiger partial charge in [-0.25, -0.2) is 0 Å². The summed E-state index contributed by atoms with van der Waals surface area (Å²) >= 11 is 0. The highest BCUT2D eigenvalue weighted by atomic mass is 16.5. The fraction of sp³-hybridized carbons (Fsp3) is 0.833. The molecule has 0 fully saturated rings.